The lowest BCUT2D eigenvalue weighted by molar-refractivity contribution is 0.0693. The van der Waals surface area contributed by atoms with Crippen LogP contribution >= 0.6 is 11.3 Å². The number of carboxylic acids is 1. The van der Waals surface area contributed by atoms with Gasteiger partial charge in [-0.25, -0.2) is 4.79 Å². The van der Waals surface area contributed by atoms with Crippen LogP contribution < -0.4 is 4.74 Å². The molecule has 1 aliphatic heterocycles. The number of ether oxygens (including phenoxy) is 2. The maximum absolute atomic E-state index is 10.8. The fourth-order valence-corrected chi connectivity index (χ4v) is 1.99. The third kappa shape index (κ3) is 1.88. The van der Waals surface area contributed by atoms with E-state index in [-0.39, 0.29) is 11.0 Å². The molecule has 76 valence electrons. The molecule has 0 aromatic carbocycles. The van der Waals surface area contributed by atoms with Crippen molar-refractivity contribution in [3.05, 3.63) is 16.3 Å². The molecule has 5 heteroatoms. The number of rotatable bonds is 3. The van der Waals surface area contributed by atoms with Crippen molar-refractivity contribution in [3.63, 3.8) is 0 Å². The highest BCUT2D eigenvalue weighted by atomic mass is 32.1. The smallest absolute Gasteiger partial charge is 0.349 e. The first kappa shape index (κ1) is 9.48. The van der Waals surface area contributed by atoms with Gasteiger partial charge in [0.25, 0.3) is 0 Å². The van der Waals surface area contributed by atoms with E-state index in [4.69, 9.17) is 14.6 Å². The topological polar surface area (TPSA) is 55.8 Å². The zero-order valence-corrected chi connectivity index (χ0v) is 8.25. The molecule has 14 heavy (non-hydrogen) atoms. The molecular formula is C9H10O4S. The zero-order chi connectivity index (χ0) is 9.97. The van der Waals surface area contributed by atoms with Crippen LogP contribution in [0.1, 0.15) is 16.1 Å². The normalized spacial score (nSPS) is 21.0. The van der Waals surface area contributed by atoms with Gasteiger partial charge in [0, 0.05) is 6.42 Å². The summed E-state index contributed by atoms with van der Waals surface area (Å²) in [5.41, 5.74) is 0. The molecule has 0 spiro atoms. The summed E-state index contributed by atoms with van der Waals surface area (Å²) in [5, 5.41) is 10.5. The molecule has 2 heterocycles. The van der Waals surface area contributed by atoms with Gasteiger partial charge in [0.2, 0.25) is 0 Å². The van der Waals surface area contributed by atoms with E-state index in [1.807, 2.05) is 0 Å². The third-order valence-corrected chi connectivity index (χ3v) is 2.89. The van der Waals surface area contributed by atoms with Crippen LogP contribution in [0.2, 0.25) is 0 Å². The number of carboxylic acid groups (broad SMARTS) is 1. The van der Waals surface area contributed by atoms with Crippen molar-refractivity contribution < 1.29 is 19.4 Å². The molecule has 0 radical (unpaired) electrons. The van der Waals surface area contributed by atoms with Gasteiger partial charge in [-0.15, -0.1) is 11.3 Å². The first-order valence-electron chi connectivity index (χ1n) is 4.32. The molecule has 2 rings (SSSR count). The molecular weight excluding hydrogens is 204 g/mol. The fourth-order valence-electron chi connectivity index (χ4n) is 1.33. The summed E-state index contributed by atoms with van der Waals surface area (Å²) < 4.78 is 10.6. The van der Waals surface area contributed by atoms with E-state index in [0.717, 1.165) is 6.42 Å². The van der Waals surface area contributed by atoms with Crippen LogP contribution in [-0.2, 0) is 4.74 Å². The van der Waals surface area contributed by atoms with Crippen LogP contribution in [0.3, 0.4) is 0 Å². The molecule has 1 unspecified atom stereocenters. The first-order valence-corrected chi connectivity index (χ1v) is 5.20. The van der Waals surface area contributed by atoms with Crippen molar-refractivity contribution in [2.75, 3.05) is 13.2 Å². The van der Waals surface area contributed by atoms with Crippen LogP contribution in [0, 0.1) is 0 Å². The Kier molecular flexibility index (Phi) is 2.69. The van der Waals surface area contributed by atoms with Crippen LogP contribution in [0.5, 0.6) is 5.75 Å². The summed E-state index contributed by atoms with van der Waals surface area (Å²) >= 11 is 1.18. The summed E-state index contributed by atoms with van der Waals surface area (Å²) in [6.07, 6.45) is 0.831. The van der Waals surface area contributed by atoms with E-state index < -0.39 is 5.97 Å². The second-order valence-corrected chi connectivity index (χ2v) is 3.94. The predicted molar refractivity (Wildman–Crippen MR) is 51.1 cm³/mol. The van der Waals surface area contributed by atoms with Crippen LogP contribution in [-0.4, -0.2) is 30.4 Å². The van der Waals surface area contributed by atoms with Gasteiger partial charge in [0.1, 0.15) is 11.9 Å². The molecule has 4 nitrogen and oxygen atoms in total. The standard InChI is InChI=1S/C9H10O4S/c10-9(11)8-7(2-4-14-8)13-6-1-3-12-5-6/h2,4,6H,1,3,5H2,(H,10,11). The molecule has 0 aliphatic carbocycles. The molecule has 0 saturated carbocycles. The van der Waals surface area contributed by atoms with Gasteiger partial charge in [-0.1, -0.05) is 0 Å². The van der Waals surface area contributed by atoms with Crippen molar-refractivity contribution in [3.8, 4) is 5.75 Å². The third-order valence-electron chi connectivity index (χ3n) is 2.00. The van der Waals surface area contributed by atoms with Crippen molar-refractivity contribution >= 4 is 17.3 Å². The van der Waals surface area contributed by atoms with E-state index in [1.54, 1.807) is 11.4 Å². The molecule has 1 aromatic heterocycles. The summed E-state index contributed by atoms with van der Waals surface area (Å²) in [6.45, 7) is 1.24. The molecule has 1 saturated heterocycles. The molecule has 1 N–H and O–H groups in total. The molecule has 1 atom stereocenters. The van der Waals surface area contributed by atoms with Gasteiger partial charge >= 0.3 is 5.97 Å². The summed E-state index contributed by atoms with van der Waals surface area (Å²) in [7, 11) is 0. The fraction of sp³-hybridized carbons (Fsp3) is 0.444. The lowest BCUT2D eigenvalue weighted by Gasteiger charge is -2.10. The Bertz CT molecular complexity index is 327. The average Bonchev–Trinajstić information content (AvgIpc) is 2.75. The Labute approximate surface area is 85.1 Å². The van der Waals surface area contributed by atoms with Crippen LogP contribution in [0.25, 0.3) is 0 Å². The minimum atomic E-state index is -0.936. The van der Waals surface area contributed by atoms with Crippen LogP contribution in [0.4, 0.5) is 0 Å². The van der Waals surface area contributed by atoms with Crippen molar-refractivity contribution in [2.24, 2.45) is 0 Å². The summed E-state index contributed by atoms with van der Waals surface area (Å²) in [6, 6.07) is 1.69. The molecule has 1 fully saturated rings. The highest BCUT2D eigenvalue weighted by molar-refractivity contribution is 7.12. The highest BCUT2D eigenvalue weighted by Crippen LogP contribution is 2.27. The van der Waals surface area contributed by atoms with E-state index in [9.17, 15) is 4.79 Å². The minimum Gasteiger partial charge on any atom is -0.486 e. The van der Waals surface area contributed by atoms with E-state index in [0.29, 0.717) is 19.0 Å². The average molecular weight is 214 g/mol. The van der Waals surface area contributed by atoms with Crippen molar-refractivity contribution in [2.45, 2.75) is 12.5 Å². The minimum absolute atomic E-state index is 0.00250. The summed E-state index contributed by atoms with van der Waals surface area (Å²) in [4.78, 5) is 11.0. The van der Waals surface area contributed by atoms with E-state index >= 15 is 0 Å². The lowest BCUT2D eigenvalue weighted by Crippen LogP contribution is -2.16. The monoisotopic (exact) mass is 214 g/mol. The SMILES string of the molecule is O=C(O)c1sccc1OC1CCOC1. The van der Waals surface area contributed by atoms with Gasteiger partial charge in [-0.05, 0) is 11.4 Å². The Balaban J connectivity index is 2.07. The maximum Gasteiger partial charge on any atom is 0.349 e. The lowest BCUT2D eigenvalue weighted by atomic mass is 10.3. The predicted octanol–water partition coefficient (Wildman–Crippen LogP) is 1.61. The second-order valence-electron chi connectivity index (χ2n) is 3.02. The molecule has 0 bridgehead atoms. The van der Waals surface area contributed by atoms with Gasteiger partial charge in [-0.2, -0.15) is 0 Å². The number of carbonyl (C=O) groups is 1. The number of thiophene rings is 1. The molecule has 1 aliphatic rings. The van der Waals surface area contributed by atoms with Gasteiger partial charge < -0.3 is 14.6 Å². The second kappa shape index (κ2) is 3.98. The number of aromatic carboxylic acids is 1. The largest absolute Gasteiger partial charge is 0.486 e. The van der Waals surface area contributed by atoms with Gasteiger partial charge in [0.05, 0.1) is 13.2 Å². The number of hydrogen-bond acceptors (Lipinski definition) is 4. The molecule has 0 amide bonds. The van der Waals surface area contributed by atoms with Gasteiger partial charge in [-0.3, -0.25) is 0 Å². The van der Waals surface area contributed by atoms with E-state index in [2.05, 4.69) is 0 Å². The Morgan fingerprint density at radius 1 is 1.71 bits per heavy atom. The maximum atomic E-state index is 10.8. The van der Waals surface area contributed by atoms with Crippen LogP contribution in [0.15, 0.2) is 11.4 Å². The Hall–Kier alpha value is -1.07. The van der Waals surface area contributed by atoms with E-state index in [1.165, 1.54) is 11.3 Å². The zero-order valence-electron chi connectivity index (χ0n) is 7.43. The Morgan fingerprint density at radius 3 is 3.21 bits per heavy atom. The number of hydrogen-bond donors (Lipinski definition) is 1. The van der Waals surface area contributed by atoms with Crippen molar-refractivity contribution in [1.82, 2.24) is 0 Å². The summed E-state index contributed by atoms with van der Waals surface area (Å²) in [5.74, 6) is -0.480. The van der Waals surface area contributed by atoms with Crippen molar-refractivity contribution in [1.29, 1.82) is 0 Å². The molecule has 1 aromatic rings. The van der Waals surface area contributed by atoms with Gasteiger partial charge in [0.15, 0.2) is 4.88 Å². The quantitative estimate of drug-likeness (QED) is 0.830. The highest BCUT2D eigenvalue weighted by Gasteiger charge is 2.21. The first-order chi connectivity index (χ1) is 6.77. The Morgan fingerprint density at radius 2 is 2.57 bits per heavy atom.